The van der Waals surface area contributed by atoms with E-state index in [2.05, 4.69) is 5.32 Å². The summed E-state index contributed by atoms with van der Waals surface area (Å²) >= 11 is 0. The number of anilines is 1. The number of benzene rings is 1. The van der Waals surface area contributed by atoms with Crippen LogP contribution in [0.25, 0.3) is 0 Å². The third-order valence-corrected chi connectivity index (χ3v) is 2.38. The van der Waals surface area contributed by atoms with E-state index in [9.17, 15) is 9.18 Å². The first-order valence-corrected chi connectivity index (χ1v) is 6.02. The lowest BCUT2D eigenvalue weighted by molar-refractivity contribution is -0.117. The summed E-state index contributed by atoms with van der Waals surface area (Å²) in [5, 5.41) is 2.71. The summed E-state index contributed by atoms with van der Waals surface area (Å²) in [7, 11) is 0. The van der Waals surface area contributed by atoms with Crippen molar-refractivity contribution in [2.24, 2.45) is 5.73 Å². The Morgan fingerprint density at radius 2 is 2.33 bits per heavy atom. The van der Waals surface area contributed by atoms with Gasteiger partial charge in [-0.15, -0.1) is 0 Å². The zero-order chi connectivity index (χ0) is 13.4. The molecule has 0 saturated heterocycles. The van der Waals surface area contributed by atoms with E-state index < -0.39 is 12.7 Å². The average molecular weight is 254 g/mol. The molecule has 0 fully saturated rings. The van der Waals surface area contributed by atoms with Crippen LogP contribution in [0.5, 0.6) is 5.75 Å². The maximum absolute atomic E-state index is 12.0. The first-order valence-electron chi connectivity index (χ1n) is 6.02. The van der Waals surface area contributed by atoms with Crippen LogP contribution >= 0.6 is 0 Å². The number of carbonyl (C=O) groups is 1. The van der Waals surface area contributed by atoms with Gasteiger partial charge in [0.25, 0.3) is 0 Å². The molecule has 100 valence electrons. The number of hydrogen-bond donors (Lipinski definition) is 2. The lowest BCUT2D eigenvalue weighted by Gasteiger charge is -2.12. The van der Waals surface area contributed by atoms with E-state index in [4.69, 9.17) is 10.5 Å². The maximum atomic E-state index is 12.0. The summed E-state index contributed by atoms with van der Waals surface area (Å²) < 4.78 is 17.1. The smallest absolute Gasteiger partial charge is 0.241 e. The summed E-state index contributed by atoms with van der Waals surface area (Å²) in [6.07, 6.45) is 1.50. The van der Waals surface area contributed by atoms with Crippen LogP contribution in [0.2, 0.25) is 0 Å². The minimum Gasteiger partial charge on any atom is -0.491 e. The number of ether oxygens (including phenoxy) is 1. The predicted octanol–water partition coefficient (Wildman–Crippen LogP) is 2.10. The highest BCUT2D eigenvalue weighted by Crippen LogP contribution is 2.17. The van der Waals surface area contributed by atoms with Crippen molar-refractivity contribution in [2.75, 3.05) is 18.6 Å². The molecule has 1 amide bonds. The minimum absolute atomic E-state index is 0.00669. The number of alkyl halides is 1. The summed E-state index contributed by atoms with van der Waals surface area (Å²) in [5.74, 6) is 0.300. The number of halogens is 1. The second kappa shape index (κ2) is 7.66. The highest BCUT2D eigenvalue weighted by Gasteiger charge is 2.12. The van der Waals surface area contributed by atoms with Crippen molar-refractivity contribution in [1.29, 1.82) is 0 Å². The Morgan fingerprint density at radius 3 is 3.00 bits per heavy atom. The van der Waals surface area contributed by atoms with Crippen LogP contribution in [0.15, 0.2) is 24.3 Å². The third-order valence-electron chi connectivity index (χ3n) is 2.38. The lowest BCUT2D eigenvalue weighted by Crippen LogP contribution is -2.35. The third kappa shape index (κ3) is 4.71. The Bertz CT molecular complexity index is 385. The van der Waals surface area contributed by atoms with Crippen LogP contribution in [0, 0.1) is 0 Å². The Morgan fingerprint density at radius 1 is 1.56 bits per heavy atom. The molecular weight excluding hydrogens is 235 g/mol. The molecule has 3 N–H and O–H groups in total. The van der Waals surface area contributed by atoms with Crippen LogP contribution in [0.3, 0.4) is 0 Å². The number of amides is 1. The number of rotatable bonds is 7. The standard InChI is InChI=1S/C13H19FN2O2/c1-2-4-12(15)13(17)16-10-5-3-6-11(9-10)18-8-7-14/h3,5-6,9,12H,2,4,7-8,15H2,1H3,(H,16,17). The SMILES string of the molecule is CCCC(N)C(=O)Nc1cccc(OCCF)c1. The van der Waals surface area contributed by atoms with Crippen molar-refractivity contribution in [3.63, 3.8) is 0 Å². The van der Waals surface area contributed by atoms with Gasteiger partial charge < -0.3 is 15.8 Å². The Hall–Kier alpha value is -1.62. The fourth-order valence-corrected chi connectivity index (χ4v) is 1.50. The molecule has 0 heterocycles. The van der Waals surface area contributed by atoms with Gasteiger partial charge in [-0.25, -0.2) is 4.39 Å². The summed E-state index contributed by atoms with van der Waals surface area (Å²) in [6.45, 7) is 1.43. The number of nitrogens with two attached hydrogens (primary N) is 1. The first kappa shape index (κ1) is 14.4. The highest BCUT2D eigenvalue weighted by molar-refractivity contribution is 5.94. The molecule has 4 nitrogen and oxygen atoms in total. The summed E-state index contributed by atoms with van der Waals surface area (Å²) in [6, 6.07) is 6.31. The summed E-state index contributed by atoms with van der Waals surface area (Å²) in [5.41, 5.74) is 6.30. The zero-order valence-corrected chi connectivity index (χ0v) is 10.5. The van der Waals surface area contributed by atoms with E-state index in [1.54, 1.807) is 24.3 Å². The normalized spacial score (nSPS) is 11.9. The quantitative estimate of drug-likeness (QED) is 0.783. The molecule has 0 aliphatic heterocycles. The molecule has 5 heteroatoms. The van der Waals surface area contributed by atoms with Crippen molar-refractivity contribution in [3.05, 3.63) is 24.3 Å². The van der Waals surface area contributed by atoms with Crippen LogP contribution in [-0.2, 0) is 4.79 Å². The molecule has 1 aromatic carbocycles. The van der Waals surface area contributed by atoms with Gasteiger partial charge in [0.05, 0.1) is 6.04 Å². The molecule has 1 unspecified atom stereocenters. The molecule has 0 saturated carbocycles. The number of nitrogens with one attached hydrogen (secondary N) is 1. The van der Waals surface area contributed by atoms with Crippen molar-refractivity contribution < 1.29 is 13.9 Å². The number of hydrogen-bond acceptors (Lipinski definition) is 3. The molecule has 1 atom stereocenters. The molecule has 0 aliphatic carbocycles. The van der Waals surface area contributed by atoms with Crippen LogP contribution in [0.1, 0.15) is 19.8 Å². The molecule has 0 aromatic heterocycles. The van der Waals surface area contributed by atoms with Gasteiger partial charge >= 0.3 is 0 Å². The van der Waals surface area contributed by atoms with E-state index in [-0.39, 0.29) is 12.5 Å². The second-order valence-electron chi connectivity index (χ2n) is 3.95. The Balaban J connectivity index is 2.58. The predicted molar refractivity (Wildman–Crippen MR) is 69.4 cm³/mol. The molecule has 0 radical (unpaired) electrons. The van der Waals surface area contributed by atoms with Gasteiger partial charge in [0, 0.05) is 11.8 Å². The topological polar surface area (TPSA) is 64.4 Å². The molecule has 0 aliphatic rings. The Labute approximate surface area is 106 Å². The van der Waals surface area contributed by atoms with Gasteiger partial charge in [-0.1, -0.05) is 19.4 Å². The minimum atomic E-state index is -0.544. The van der Waals surface area contributed by atoms with Crippen molar-refractivity contribution in [2.45, 2.75) is 25.8 Å². The van der Waals surface area contributed by atoms with E-state index in [0.717, 1.165) is 6.42 Å². The van der Waals surface area contributed by atoms with Crippen molar-refractivity contribution in [3.8, 4) is 5.75 Å². The molecule has 0 spiro atoms. The van der Waals surface area contributed by atoms with Crippen LogP contribution < -0.4 is 15.8 Å². The van der Waals surface area contributed by atoms with Crippen LogP contribution in [0.4, 0.5) is 10.1 Å². The van der Waals surface area contributed by atoms with E-state index in [1.807, 2.05) is 6.92 Å². The van der Waals surface area contributed by atoms with Gasteiger partial charge in [-0.3, -0.25) is 4.79 Å². The largest absolute Gasteiger partial charge is 0.491 e. The van der Waals surface area contributed by atoms with Crippen molar-refractivity contribution in [1.82, 2.24) is 0 Å². The van der Waals surface area contributed by atoms with E-state index in [1.165, 1.54) is 0 Å². The molecular formula is C13H19FN2O2. The number of carbonyl (C=O) groups excluding carboxylic acids is 1. The fraction of sp³-hybridized carbons (Fsp3) is 0.462. The maximum Gasteiger partial charge on any atom is 0.241 e. The van der Waals surface area contributed by atoms with Gasteiger partial charge in [0.2, 0.25) is 5.91 Å². The molecule has 0 bridgehead atoms. The van der Waals surface area contributed by atoms with Gasteiger partial charge in [-0.05, 0) is 18.6 Å². The van der Waals surface area contributed by atoms with Crippen LogP contribution in [-0.4, -0.2) is 25.2 Å². The average Bonchev–Trinajstić information content (AvgIpc) is 2.37. The first-order chi connectivity index (χ1) is 8.67. The monoisotopic (exact) mass is 254 g/mol. The molecule has 1 rings (SSSR count). The van der Waals surface area contributed by atoms with E-state index >= 15 is 0 Å². The fourth-order valence-electron chi connectivity index (χ4n) is 1.50. The highest BCUT2D eigenvalue weighted by atomic mass is 19.1. The zero-order valence-electron chi connectivity index (χ0n) is 10.5. The van der Waals surface area contributed by atoms with Gasteiger partial charge in [0.15, 0.2) is 0 Å². The Kier molecular flexibility index (Phi) is 6.14. The van der Waals surface area contributed by atoms with Gasteiger partial charge in [-0.2, -0.15) is 0 Å². The molecule has 18 heavy (non-hydrogen) atoms. The van der Waals surface area contributed by atoms with Crippen molar-refractivity contribution >= 4 is 11.6 Å². The molecule has 1 aromatic rings. The lowest BCUT2D eigenvalue weighted by atomic mass is 10.1. The second-order valence-corrected chi connectivity index (χ2v) is 3.95. The summed E-state index contributed by atoms with van der Waals surface area (Å²) in [4.78, 5) is 11.7. The van der Waals surface area contributed by atoms with E-state index in [0.29, 0.717) is 17.9 Å². The van der Waals surface area contributed by atoms with Gasteiger partial charge in [0.1, 0.15) is 19.0 Å².